The molecule has 5 nitrogen and oxygen atoms in total. The minimum absolute atomic E-state index is 0.117. The van der Waals surface area contributed by atoms with E-state index in [4.69, 9.17) is 16.3 Å². The first-order valence-corrected chi connectivity index (χ1v) is 10.5. The van der Waals surface area contributed by atoms with Crippen molar-refractivity contribution >= 4 is 17.5 Å². The second kappa shape index (κ2) is 9.35. The molecule has 0 saturated carbocycles. The zero-order valence-electron chi connectivity index (χ0n) is 16.9. The van der Waals surface area contributed by atoms with Gasteiger partial charge in [0.1, 0.15) is 18.2 Å². The SMILES string of the molecule is O=C1CCCN1CCOc1ccc(-c2ccc(=O)n(Cc3ccc(Cl)cc3F)c2)cc1. The molecule has 0 spiro atoms. The predicted molar refractivity (Wildman–Crippen MR) is 118 cm³/mol. The third-order valence-corrected chi connectivity index (χ3v) is 5.56. The quantitative estimate of drug-likeness (QED) is 0.548. The zero-order chi connectivity index (χ0) is 21.8. The second-order valence-corrected chi connectivity index (χ2v) is 7.91. The van der Waals surface area contributed by atoms with Gasteiger partial charge in [0.2, 0.25) is 5.91 Å². The minimum atomic E-state index is -0.443. The van der Waals surface area contributed by atoms with Crippen molar-refractivity contribution in [2.24, 2.45) is 0 Å². The van der Waals surface area contributed by atoms with E-state index >= 15 is 0 Å². The summed E-state index contributed by atoms with van der Waals surface area (Å²) in [5.41, 5.74) is 1.92. The molecule has 4 rings (SSSR count). The van der Waals surface area contributed by atoms with Gasteiger partial charge in [0.15, 0.2) is 0 Å². The fraction of sp³-hybridized carbons (Fsp3) is 0.250. The van der Waals surface area contributed by atoms with E-state index in [0.29, 0.717) is 35.9 Å². The maximum Gasteiger partial charge on any atom is 0.250 e. The Morgan fingerprint density at radius 1 is 1.00 bits per heavy atom. The van der Waals surface area contributed by atoms with Crippen molar-refractivity contribution in [1.29, 1.82) is 0 Å². The number of rotatable bonds is 7. The Balaban J connectivity index is 1.43. The van der Waals surface area contributed by atoms with Gasteiger partial charge in [0, 0.05) is 35.8 Å². The van der Waals surface area contributed by atoms with Gasteiger partial charge in [-0.25, -0.2) is 4.39 Å². The monoisotopic (exact) mass is 440 g/mol. The van der Waals surface area contributed by atoms with Crippen LogP contribution < -0.4 is 10.3 Å². The summed E-state index contributed by atoms with van der Waals surface area (Å²) in [5.74, 6) is 0.460. The number of hydrogen-bond donors (Lipinski definition) is 0. The Bertz CT molecular complexity index is 1140. The first-order valence-electron chi connectivity index (χ1n) is 10.1. The highest BCUT2D eigenvalue weighted by Gasteiger charge is 2.19. The molecule has 0 N–H and O–H groups in total. The van der Waals surface area contributed by atoms with E-state index in [-0.39, 0.29) is 18.0 Å². The standard InChI is InChI=1S/C24H22ClFN2O3/c25-20-7-3-19(22(26)14-20)16-28-15-18(6-10-24(28)30)17-4-8-21(9-5-17)31-13-12-27-11-1-2-23(27)29/h3-10,14-15H,1-2,11-13,16H2. The summed E-state index contributed by atoms with van der Waals surface area (Å²) in [6.07, 6.45) is 3.26. The molecule has 0 radical (unpaired) electrons. The van der Waals surface area contributed by atoms with Crippen LogP contribution >= 0.6 is 11.6 Å². The van der Waals surface area contributed by atoms with Crippen LogP contribution in [-0.4, -0.2) is 35.1 Å². The summed E-state index contributed by atoms with van der Waals surface area (Å²) < 4.78 is 21.3. The molecular formula is C24H22ClFN2O3. The van der Waals surface area contributed by atoms with Crippen LogP contribution in [0.4, 0.5) is 4.39 Å². The van der Waals surface area contributed by atoms with Crippen molar-refractivity contribution in [3.8, 4) is 16.9 Å². The molecule has 0 aliphatic carbocycles. The lowest BCUT2D eigenvalue weighted by atomic mass is 10.1. The van der Waals surface area contributed by atoms with Crippen LogP contribution in [0.25, 0.3) is 11.1 Å². The van der Waals surface area contributed by atoms with E-state index < -0.39 is 5.82 Å². The highest BCUT2D eigenvalue weighted by Crippen LogP contribution is 2.22. The topological polar surface area (TPSA) is 51.5 Å². The van der Waals surface area contributed by atoms with E-state index in [1.807, 2.05) is 29.2 Å². The van der Waals surface area contributed by atoms with E-state index in [2.05, 4.69) is 0 Å². The van der Waals surface area contributed by atoms with Gasteiger partial charge in [-0.2, -0.15) is 0 Å². The van der Waals surface area contributed by atoms with E-state index in [0.717, 1.165) is 24.1 Å². The second-order valence-electron chi connectivity index (χ2n) is 7.48. The normalized spacial score (nSPS) is 13.6. The highest BCUT2D eigenvalue weighted by molar-refractivity contribution is 6.30. The van der Waals surface area contributed by atoms with Crippen molar-refractivity contribution in [3.63, 3.8) is 0 Å². The zero-order valence-corrected chi connectivity index (χ0v) is 17.6. The molecule has 7 heteroatoms. The molecule has 1 aliphatic heterocycles. The number of likely N-dealkylation sites (tertiary alicyclic amines) is 1. The molecule has 2 aromatic carbocycles. The van der Waals surface area contributed by atoms with Gasteiger partial charge in [-0.3, -0.25) is 9.59 Å². The van der Waals surface area contributed by atoms with Crippen LogP contribution in [-0.2, 0) is 11.3 Å². The molecule has 1 aromatic heterocycles. The molecule has 1 aliphatic rings. The van der Waals surface area contributed by atoms with Crippen LogP contribution in [0.15, 0.2) is 65.6 Å². The number of carbonyl (C=O) groups excluding carboxylic acids is 1. The maximum atomic E-state index is 14.1. The van der Waals surface area contributed by atoms with Crippen molar-refractivity contribution in [2.75, 3.05) is 19.7 Å². The number of amides is 1. The average Bonchev–Trinajstić information content (AvgIpc) is 3.17. The molecule has 1 amide bonds. The number of benzene rings is 2. The Morgan fingerprint density at radius 2 is 1.77 bits per heavy atom. The first-order chi connectivity index (χ1) is 15.0. The Hall–Kier alpha value is -3.12. The lowest BCUT2D eigenvalue weighted by Crippen LogP contribution is -2.29. The summed E-state index contributed by atoms with van der Waals surface area (Å²) in [7, 11) is 0. The molecule has 0 bridgehead atoms. The summed E-state index contributed by atoms with van der Waals surface area (Å²) in [6.45, 7) is 1.96. The summed E-state index contributed by atoms with van der Waals surface area (Å²) in [6, 6.07) is 15.2. The lowest BCUT2D eigenvalue weighted by molar-refractivity contribution is -0.128. The van der Waals surface area contributed by atoms with E-state index in [9.17, 15) is 14.0 Å². The fourth-order valence-corrected chi connectivity index (χ4v) is 3.78. The van der Waals surface area contributed by atoms with Gasteiger partial charge in [0.05, 0.1) is 13.1 Å². The van der Waals surface area contributed by atoms with Crippen LogP contribution in [0.2, 0.25) is 5.02 Å². The Kier molecular flexibility index (Phi) is 6.37. The van der Waals surface area contributed by atoms with Crippen molar-refractivity contribution < 1.29 is 13.9 Å². The van der Waals surface area contributed by atoms with Crippen LogP contribution in [0.1, 0.15) is 18.4 Å². The van der Waals surface area contributed by atoms with Crippen molar-refractivity contribution in [1.82, 2.24) is 9.47 Å². The van der Waals surface area contributed by atoms with Crippen molar-refractivity contribution in [3.05, 3.63) is 87.6 Å². The molecule has 1 fully saturated rings. The van der Waals surface area contributed by atoms with Gasteiger partial charge >= 0.3 is 0 Å². The van der Waals surface area contributed by atoms with Gasteiger partial charge in [-0.1, -0.05) is 29.8 Å². The maximum absolute atomic E-state index is 14.1. The molecule has 31 heavy (non-hydrogen) atoms. The average molecular weight is 441 g/mol. The van der Waals surface area contributed by atoms with Crippen LogP contribution in [0, 0.1) is 5.82 Å². The molecule has 3 aromatic rings. The van der Waals surface area contributed by atoms with Crippen LogP contribution in [0.3, 0.4) is 0 Å². The molecule has 160 valence electrons. The number of carbonyl (C=O) groups is 1. The largest absolute Gasteiger partial charge is 0.492 e. The van der Waals surface area contributed by atoms with E-state index in [1.54, 1.807) is 24.4 Å². The number of aromatic nitrogens is 1. The highest BCUT2D eigenvalue weighted by atomic mass is 35.5. The number of ether oxygens (including phenoxy) is 1. The summed E-state index contributed by atoms with van der Waals surface area (Å²) >= 11 is 5.80. The van der Waals surface area contributed by atoms with Gasteiger partial charge in [0.25, 0.3) is 5.56 Å². The Morgan fingerprint density at radius 3 is 2.48 bits per heavy atom. The lowest BCUT2D eigenvalue weighted by Gasteiger charge is -2.16. The number of hydrogen-bond acceptors (Lipinski definition) is 3. The molecule has 2 heterocycles. The van der Waals surface area contributed by atoms with Gasteiger partial charge in [-0.15, -0.1) is 0 Å². The summed E-state index contributed by atoms with van der Waals surface area (Å²) in [5, 5.41) is 0.316. The van der Waals surface area contributed by atoms with Gasteiger partial charge in [-0.05, 0) is 47.9 Å². The number of nitrogens with zero attached hydrogens (tertiary/aromatic N) is 2. The van der Waals surface area contributed by atoms with Gasteiger partial charge < -0.3 is 14.2 Å². The molecule has 0 atom stereocenters. The predicted octanol–water partition coefficient (Wildman–Crippen LogP) is 4.36. The number of pyridine rings is 1. The van der Waals surface area contributed by atoms with Crippen LogP contribution in [0.5, 0.6) is 5.75 Å². The molecule has 1 saturated heterocycles. The third-order valence-electron chi connectivity index (χ3n) is 5.33. The fourth-order valence-electron chi connectivity index (χ4n) is 3.62. The Labute approximate surface area is 184 Å². The molecular weight excluding hydrogens is 419 g/mol. The molecule has 0 unspecified atom stereocenters. The van der Waals surface area contributed by atoms with Crippen molar-refractivity contribution in [2.45, 2.75) is 19.4 Å². The first kappa shape index (κ1) is 21.1. The number of halogens is 2. The van der Waals surface area contributed by atoms with E-state index in [1.165, 1.54) is 16.7 Å². The minimum Gasteiger partial charge on any atom is -0.492 e. The summed E-state index contributed by atoms with van der Waals surface area (Å²) in [4.78, 5) is 25.7. The smallest absolute Gasteiger partial charge is 0.250 e. The third kappa shape index (κ3) is 5.14.